The highest BCUT2D eigenvalue weighted by atomic mass is 32.1. The molecule has 1 atom stereocenters. The van der Waals surface area contributed by atoms with Gasteiger partial charge in [0.15, 0.2) is 0 Å². The van der Waals surface area contributed by atoms with E-state index in [0.717, 1.165) is 16.2 Å². The smallest absolute Gasteiger partial charge is 0.444 e. The first kappa shape index (κ1) is 18.7. The van der Waals surface area contributed by atoms with E-state index in [9.17, 15) is 4.79 Å². The van der Waals surface area contributed by atoms with Crippen LogP contribution in [0.25, 0.3) is 0 Å². The molecular formula is C17H27BN2O4S. The molecule has 1 amide bonds. The molecule has 0 aliphatic carbocycles. The Labute approximate surface area is 154 Å². The van der Waals surface area contributed by atoms with E-state index in [-0.39, 0.29) is 24.5 Å². The van der Waals surface area contributed by atoms with E-state index in [0.29, 0.717) is 26.3 Å². The molecule has 0 radical (unpaired) electrons. The number of likely N-dealkylation sites (tertiary alicyclic amines) is 1. The molecule has 138 valence electrons. The summed E-state index contributed by atoms with van der Waals surface area (Å²) in [6, 6.07) is 0. The lowest BCUT2D eigenvalue weighted by Crippen LogP contribution is -2.46. The highest BCUT2D eigenvalue weighted by Crippen LogP contribution is 2.30. The van der Waals surface area contributed by atoms with Crippen LogP contribution in [0.15, 0.2) is 6.20 Å². The molecule has 1 aromatic heterocycles. The number of amides is 1. The molecule has 2 aliphatic rings. The third kappa shape index (κ3) is 4.74. The summed E-state index contributed by atoms with van der Waals surface area (Å²) in [4.78, 5) is 18.5. The van der Waals surface area contributed by atoms with Crippen LogP contribution in [0.2, 0.25) is 0 Å². The van der Waals surface area contributed by atoms with Crippen molar-refractivity contribution in [1.82, 2.24) is 9.88 Å². The Morgan fingerprint density at radius 2 is 2.08 bits per heavy atom. The van der Waals surface area contributed by atoms with E-state index in [1.165, 1.54) is 0 Å². The van der Waals surface area contributed by atoms with Crippen LogP contribution in [0, 0.1) is 5.41 Å². The average molecular weight is 366 g/mol. The first-order valence-corrected chi connectivity index (χ1v) is 9.61. The minimum Gasteiger partial charge on any atom is -0.444 e. The highest BCUT2D eigenvalue weighted by Gasteiger charge is 2.36. The third-order valence-corrected chi connectivity index (χ3v) is 5.40. The number of carbonyl (C=O) groups excluding carboxylic acids is 1. The van der Waals surface area contributed by atoms with E-state index in [1.54, 1.807) is 16.2 Å². The Bertz CT molecular complexity index is 618. The zero-order valence-corrected chi connectivity index (χ0v) is 16.5. The summed E-state index contributed by atoms with van der Waals surface area (Å²) < 4.78 is 18.1. The SMILES string of the molecule is CC1(C)COB(c2cnc(C3CCN(C(=O)OC(C)(C)C)C3)s2)OC1. The maximum Gasteiger partial charge on any atom is 0.506 e. The number of carbonyl (C=O) groups is 1. The molecule has 0 N–H and O–H groups in total. The molecule has 2 saturated heterocycles. The number of ether oxygens (including phenoxy) is 1. The molecule has 0 bridgehead atoms. The topological polar surface area (TPSA) is 60.9 Å². The van der Waals surface area contributed by atoms with Gasteiger partial charge in [-0.2, -0.15) is 0 Å². The van der Waals surface area contributed by atoms with Gasteiger partial charge in [0.1, 0.15) is 5.60 Å². The fourth-order valence-electron chi connectivity index (χ4n) is 2.91. The van der Waals surface area contributed by atoms with Crippen LogP contribution in [-0.4, -0.2) is 55.0 Å². The lowest BCUT2D eigenvalue weighted by atomic mass is 9.83. The van der Waals surface area contributed by atoms with E-state index in [4.69, 9.17) is 14.0 Å². The van der Waals surface area contributed by atoms with Crippen molar-refractivity contribution in [3.05, 3.63) is 11.2 Å². The van der Waals surface area contributed by atoms with Gasteiger partial charge in [0.25, 0.3) is 0 Å². The van der Waals surface area contributed by atoms with Crippen LogP contribution in [0.5, 0.6) is 0 Å². The molecule has 2 aliphatic heterocycles. The largest absolute Gasteiger partial charge is 0.506 e. The first-order chi connectivity index (χ1) is 11.6. The van der Waals surface area contributed by atoms with E-state index in [2.05, 4.69) is 18.8 Å². The highest BCUT2D eigenvalue weighted by molar-refractivity contribution is 7.22. The molecule has 3 heterocycles. The van der Waals surface area contributed by atoms with Crippen molar-refractivity contribution < 1.29 is 18.8 Å². The van der Waals surface area contributed by atoms with Crippen molar-refractivity contribution in [2.45, 2.75) is 52.6 Å². The fraction of sp³-hybridized carbons (Fsp3) is 0.765. The summed E-state index contributed by atoms with van der Waals surface area (Å²) in [5.41, 5.74) is -0.406. The second-order valence-corrected chi connectivity index (χ2v) is 9.72. The second kappa shape index (κ2) is 6.89. The van der Waals surface area contributed by atoms with E-state index in [1.807, 2.05) is 27.0 Å². The number of aromatic nitrogens is 1. The van der Waals surface area contributed by atoms with Crippen LogP contribution in [0.3, 0.4) is 0 Å². The summed E-state index contributed by atoms with van der Waals surface area (Å²) in [5.74, 6) is 0.256. The van der Waals surface area contributed by atoms with Gasteiger partial charge in [-0.15, -0.1) is 11.3 Å². The van der Waals surface area contributed by atoms with Crippen molar-refractivity contribution in [2.24, 2.45) is 5.41 Å². The molecule has 0 saturated carbocycles. The predicted octanol–water partition coefficient (Wildman–Crippen LogP) is 2.64. The maximum atomic E-state index is 12.2. The summed E-state index contributed by atoms with van der Waals surface area (Å²) in [6.45, 7) is 12.6. The van der Waals surface area contributed by atoms with Gasteiger partial charge in [0.05, 0.1) is 9.78 Å². The Morgan fingerprint density at radius 1 is 1.40 bits per heavy atom. The number of rotatable bonds is 2. The molecule has 25 heavy (non-hydrogen) atoms. The van der Waals surface area contributed by atoms with Crippen LogP contribution in [0.4, 0.5) is 4.79 Å². The molecule has 2 fully saturated rings. The quantitative estimate of drug-likeness (QED) is 0.753. The van der Waals surface area contributed by atoms with Crippen molar-refractivity contribution in [2.75, 3.05) is 26.3 Å². The predicted molar refractivity (Wildman–Crippen MR) is 98.4 cm³/mol. The first-order valence-electron chi connectivity index (χ1n) is 8.80. The van der Waals surface area contributed by atoms with Crippen molar-refractivity contribution in [3.63, 3.8) is 0 Å². The lowest BCUT2D eigenvalue weighted by molar-refractivity contribution is 0.0292. The van der Waals surface area contributed by atoms with Crippen LogP contribution in [-0.2, 0) is 14.0 Å². The molecule has 8 heteroatoms. The minimum absolute atomic E-state index is 0.0589. The zero-order valence-electron chi connectivity index (χ0n) is 15.7. The zero-order chi connectivity index (χ0) is 18.2. The molecule has 0 spiro atoms. The number of hydrogen-bond acceptors (Lipinski definition) is 6. The standard InChI is InChI=1S/C17H27BN2O4S/c1-16(2,3)24-15(21)20-7-6-12(9-20)14-19-8-13(25-14)18-22-10-17(4,5)11-23-18/h8,12H,6-7,9-11H2,1-5H3. The third-order valence-electron chi connectivity index (χ3n) is 4.21. The molecule has 0 aromatic carbocycles. The summed E-state index contributed by atoms with van der Waals surface area (Å²) in [6.07, 6.45) is 2.51. The lowest BCUT2D eigenvalue weighted by Gasteiger charge is -2.32. The minimum atomic E-state index is -0.465. The van der Waals surface area contributed by atoms with Gasteiger partial charge in [-0.25, -0.2) is 9.78 Å². The monoisotopic (exact) mass is 366 g/mol. The Hall–Kier alpha value is -1.12. The Kier molecular flexibility index (Phi) is 5.15. The van der Waals surface area contributed by atoms with Gasteiger partial charge >= 0.3 is 13.2 Å². The van der Waals surface area contributed by atoms with Crippen LogP contribution in [0.1, 0.15) is 52.0 Å². The van der Waals surface area contributed by atoms with Gasteiger partial charge in [-0.1, -0.05) is 13.8 Å². The van der Waals surface area contributed by atoms with Crippen molar-refractivity contribution >= 4 is 29.3 Å². The number of thiazole rings is 1. The number of nitrogens with zero attached hydrogens (tertiary/aromatic N) is 2. The molecule has 6 nitrogen and oxygen atoms in total. The van der Waals surface area contributed by atoms with Crippen LogP contribution >= 0.6 is 11.3 Å². The van der Waals surface area contributed by atoms with Crippen LogP contribution < -0.4 is 4.78 Å². The maximum absolute atomic E-state index is 12.2. The van der Waals surface area contributed by atoms with Gasteiger partial charge < -0.3 is 18.9 Å². The van der Waals surface area contributed by atoms with Gasteiger partial charge in [0, 0.05) is 43.8 Å². The summed E-state index contributed by atoms with van der Waals surface area (Å²) in [7, 11) is -0.317. The summed E-state index contributed by atoms with van der Waals surface area (Å²) >= 11 is 1.62. The van der Waals surface area contributed by atoms with E-state index < -0.39 is 5.60 Å². The van der Waals surface area contributed by atoms with Crippen molar-refractivity contribution in [1.29, 1.82) is 0 Å². The van der Waals surface area contributed by atoms with E-state index >= 15 is 0 Å². The normalized spacial score (nSPS) is 23.8. The van der Waals surface area contributed by atoms with Gasteiger partial charge in [0.2, 0.25) is 0 Å². The second-order valence-electron chi connectivity index (χ2n) is 8.63. The fourth-order valence-corrected chi connectivity index (χ4v) is 3.95. The summed E-state index contributed by atoms with van der Waals surface area (Å²) in [5, 5.41) is 1.04. The Morgan fingerprint density at radius 3 is 2.72 bits per heavy atom. The molecule has 1 aromatic rings. The molecule has 1 unspecified atom stereocenters. The van der Waals surface area contributed by atoms with Gasteiger partial charge in [-0.3, -0.25) is 0 Å². The average Bonchev–Trinajstić information content (AvgIpc) is 3.14. The van der Waals surface area contributed by atoms with Gasteiger partial charge in [-0.05, 0) is 27.2 Å². The Balaban J connectivity index is 1.57. The van der Waals surface area contributed by atoms with Crippen molar-refractivity contribution in [3.8, 4) is 0 Å². The number of hydrogen-bond donors (Lipinski definition) is 0. The molecular weight excluding hydrogens is 339 g/mol. The molecule has 3 rings (SSSR count).